The minimum absolute atomic E-state index is 0.163. The highest BCUT2D eigenvalue weighted by Crippen LogP contribution is 2.20. The molecule has 0 saturated heterocycles. The number of hydrogen-bond donors (Lipinski definition) is 2. The predicted octanol–water partition coefficient (Wildman–Crippen LogP) is 1.58. The van der Waals surface area contributed by atoms with Crippen LogP contribution in [0.25, 0.3) is 6.08 Å². The lowest BCUT2D eigenvalue weighted by molar-refractivity contribution is -0.107. The van der Waals surface area contributed by atoms with E-state index < -0.39 is 0 Å². The largest absolute Gasteiger partial charge is 0.507 e. The molecule has 3 heteroatoms. The molecule has 0 amide bonds. The third-order valence-electron chi connectivity index (χ3n) is 1.58. The highest BCUT2D eigenvalue weighted by molar-refractivity contribution is 5.64. The Morgan fingerprint density at radius 1 is 1.46 bits per heavy atom. The minimum atomic E-state index is 0.163. The molecule has 1 rings (SSSR count). The number of aromatic hydroxyl groups is 1. The Balaban J connectivity index is 2.86. The van der Waals surface area contributed by atoms with Crippen molar-refractivity contribution in [2.24, 2.45) is 0 Å². The number of allylic oxidation sites excluding steroid dienone is 1. The van der Waals surface area contributed by atoms with Gasteiger partial charge in [-0.25, -0.2) is 0 Å². The standard InChI is InChI=1S/C10H11NO2/c11-9-4-5-10(13)8(7-9)3-1-2-6-12/h1,3-7,13H,2,11H2. The number of rotatable bonds is 3. The SMILES string of the molecule is Nc1ccc(O)c(C=CCC=O)c1. The molecule has 0 unspecified atom stereocenters. The van der Waals surface area contributed by atoms with E-state index in [1.807, 2.05) is 0 Å². The molecule has 0 aliphatic carbocycles. The van der Waals surface area contributed by atoms with Crippen LogP contribution in [0.2, 0.25) is 0 Å². The molecule has 0 bridgehead atoms. The lowest BCUT2D eigenvalue weighted by atomic mass is 10.1. The van der Waals surface area contributed by atoms with Crippen molar-refractivity contribution in [3.63, 3.8) is 0 Å². The Bertz CT molecular complexity index is 332. The third kappa shape index (κ3) is 2.63. The Morgan fingerprint density at radius 3 is 2.92 bits per heavy atom. The third-order valence-corrected chi connectivity index (χ3v) is 1.58. The van der Waals surface area contributed by atoms with Gasteiger partial charge >= 0.3 is 0 Å². The van der Waals surface area contributed by atoms with Crippen LogP contribution in [0.4, 0.5) is 5.69 Å². The van der Waals surface area contributed by atoms with Crippen LogP contribution in [0.3, 0.4) is 0 Å². The summed E-state index contributed by atoms with van der Waals surface area (Å²) in [5.41, 5.74) is 6.73. The minimum Gasteiger partial charge on any atom is -0.507 e. The van der Waals surface area contributed by atoms with Gasteiger partial charge in [-0.2, -0.15) is 0 Å². The highest BCUT2D eigenvalue weighted by atomic mass is 16.3. The summed E-state index contributed by atoms with van der Waals surface area (Å²) in [4.78, 5) is 10.0. The quantitative estimate of drug-likeness (QED) is 0.418. The summed E-state index contributed by atoms with van der Waals surface area (Å²) in [5, 5.41) is 9.34. The monoisotopic (exact) mass is 177 g/mol. The maximum absolute atomic E-state index is 10.0. The smallest absolute Gasteiger partial charge is 0.123 e. The van der Waals surface area contributed by atoms with E-state index in [9.17, 15) is 9.90 Å². The van der Waals surface area contributed by atoms with E-state index in [1.165, 1.54) is 6.07 Å². The molecule has 3 N–H and O–H groups in total. The number of anilines is 1. The van der Waals surface area contributed by atoms with Crippen molar-refractivity contribution in [3.8, 4) is 5.75 Å². The summed E-state index contributed by atoms with van der Waals surface area (Å²) in [6.45, 7) is 0. The van der Waals surface area contributed by atoms with E-state index in [2.05, 4.69) is 0 Å². The van der Waals surface area contributed by atoms with Gasteiger partial charge in [0.15, 0.2) is 0 Å². The van der Waals surface area contributed by atoms with Crippen LogP contribution < -0.4 is 5.73 Å². The van der Waals surface area contributed by atoms with E-state index in [0.29, 0.717) is 17.7 Å². The Labute approximate surface area is 76.5 Å². The zero-order valence-electron chi connectivity index (χ0n) is 7.10. The van der Waals surface area contributed by atoms with Crippen molar-refractivity contribution in [1.29, 1.82) is 0 Å². The van der Waals surface area contributed by atoms with Crippen molar-refractivity contribution in [1.82, 2.24) is 0 Å². The first-order chi connectivity index (χ1) is 6.24. The second-order valence-electron chi connectivity index (χ2n) is 2.62. The van der Waals surface area contributed by atoms with E-state index in [4.69, 9.17) is 5.73 Å². The van der Waals surface area contributed by atoms with Gasteiger partial charge in [0.25, 0.3) is 0 Å². The number of phenolic OH excluding ortho intramolecular Hbond substituents is 1. The van der Waals surface area contributed by atoms with Crippen LogP contribution in [-0.2, 0) is 4.79 Å². The molecule has 0 spiro atoms. The first-order valence-corrected chi connectivity index (χ1v) is 3.92. The number of nitrogen functional groups attached to an aromatic ring is 1. The summed E-state index contributed by atoms with van der Waals surface area (Å²) >= 11 is 0. The van der Waals surface area contributed by atoms with Gasteiger partial charge in [0.1, 0.15) is 12.0 Å². The van der Waals surface area contributed by atoms with Gasteiger partial charge in [-0.1, -0.05) is 12.2 Å². The second-order valence-corrected chi connectivity index (χ2v) is 2.62. The highest BCUT2D eigenvalue weighted by Gasteiger charge is 1.96. The fourth-order valence-corrected chi connectivity index (χ4v) is 0.957. The van der Waals surface area contributed by atoms with Gasteiger partial charge in [0.05, 0.1) is 0 Å². The van der Waals surface area contributed by atoms with Gasteiger partial charge in [-0.3, -0.25) is 0 Å². The molecular weight excluding hydrogens is 166 g/mol. The molecule has 1 aromatic carbocycles. The van der Waals surface area contributed by atoms with Crippen LogP contribution in [0, 0.1) is 0 Å². The molecule has 0 aliphatic heterocycles. The molecule has 3 nitrogen and oxygen atoms in total. The number of aldehydes is 1. The van der Waals surface area contributed by atoms with Crippen molar-refractivity contribution >= 4 is 18.0 Å². The molecule has 0 aromatic heterocycles. The zero-order chi connectivity index (χ0) is 9.68. The lowest BCUT2D eigenvalue weighted by Crippen LogP contribution is -1.84. The number of nitrogens with two attached hydrogens (primary N) is 1. The summed E-state index contributed by atoms with van der Waals surface area (Å²) in [6.07, 6.45) is 4.47. The predicted molar refractivity (Wildman–Crippen MR) is 52.2 cm³/mol. The molecule has 0 fully saturated rings. The van der Waals surface area contributed by atoms with Gasteiger partial charge < -0.3 is 15.6 Å². The Morgan fingerprint density at radius 2 is 2.23 bits per heavy atom. The number of benzene rings is 1. The topological polar surface area (TPSA) is 63.3 Å². The number of carbonyl (C=O) groups excluding carboxylic acids is 1. The van der Waals surface area contributed by atoms with Gasteiger partial charge in [-0.05, 0) is 18.2 Å². The van der Waals surface area contributed by atoms with Crippen molar-refractivity contribution in [3.05, 3.63) is 29.8 Å². The fourth-order valence-electron chi connectivity index (χ4n) is 0.957. The summed E-state index contributed by atoms with van der Waals surface area (Å²) in [6, 6.07) is 4.79. The van der Waals surface area contributed by atoms with E-state index in [0.717, 1.165) is 6.29 Å². The summed E-state index contributed by atoms with van der Waals surface area (Å²) in [5.74, 6) is 0.163. The Hall–Kier alpha value is -1.77. The lowest BCUT2D eigenvalue weighted by Gasteiger charge is -1.99. The van der Waals surface area contributed by atoms with Crippen molar-refractivity contribution in [2.45, 2.75) is 6.42 Å². The van der Waals surface area contributed by atoms with E-state index >= 15 is 0 Å². The molecular formula is C10H11NO2. The van der Waals surface area contributed by atoms with Gasteiger partial charge in [0, 0.05) is 17.7 Å². The fraction of sp³-hybridized carbons (Fsp3) is 0.100. The molecule has 0 heterocycles. The van der Waals surface area contributed by atoms with Gasteiger partial charge in [0.2, 0.25) is 0 Å². The molecule has 0 atom stereocenters. The van der Waals surface area contributed by atoms with Crippen LogP contribution in [-0.4, -0.2) is 11.4 Å². The molecule has 0 radical (unpaired) electrons. The molecule has 13 heavy (non-hydrogen) atoms. The van der Waals surface area contributed by atoms with Crippen LogP contribution in [0.1, 0.15) is 12.0 Å². The first kappa shape index (κ1) is 9.32. The first-order valence-electron chi connectivity index (χ1n) is 3.92. The average Bonchev–Trinajstić information content (AvgIpc) is 2.11. The number of carbonyl (C=O) groups is 1. The second kappa shape index (κ2) is 4.30. The van der Waals surface area contributed by atoms with Gasteiger partial charge in [-0.15, -0.1) is 0 Å². The van der Waals surface area contributed by atoms with Crippen LogP contribution in [0.15, 0.2) is 24.3 Å². The molecule has 68 valence electrons. The van der Waals surface area contributed by atoms with Crippen molar-refractivity contribution in [2.75, 3.05) is 5.73 Å². The molecule has 0 aliphatic rings. The van der Waals surface area contributed by atoms with Crippen LogP contribution >= 0.6 is 0 Å². The summed E-state index contributed by atoms with van der Waals surface area (Å²) < 4.78 is 0. The molecule has 0 saturated carbocycles. The summed E-state index contributed by atoms with van der Waals surface area (Å²) in [7, 11) is 0. The molecule has 1 aromatic rings. The normalized spacial score (nSPS) is 10.5. The average molecular weight is 177 g/mol. The van der Waals surface area contributed by atoms with E-state index in [1.54, 1.807) is 24.3 Å². The van der Waals surface area contributed by atoms with E-state index in [-0.39, 0.29) is 5.75 Å². The Kier molecular flexibility index (Phi) is 3.09. The maximum Gasteiger partial charge on any atom is 0.123 e. The number of phenols is 1. The van der Waals surface area contributed by atoms with Crippen molar-refractivity contribution < 1.29 is 9.90 Å². The number of hydrogen-bond acceptors (Lipinski definition) is 3. The zero-order valence-corrected chi connectivity index (χ0v) is 7.10. The van der Waals surface area contributed by atoms with Crippen LogP contribution in [0.5, 0.6) is 5.75 Å². The maximum atomic E-state index is 10.0.